The maximum Gasteiger partial charge on any atom is 0.119 e. The standard InChI is InChI=1S/C18H27N3O.2ClH/c1-4-13(2)18(21-9-7-19-8-10-21)16-12-20-17-6-5-14(22-3)11-15(16)17;;/h5-6,11-13,18-20H,4,7-10H2,1-3H3;2*1H/t13?,18-;;/m0../s1. The topological polar surface area (TPSA) is 40.3 Å². The smallest absolute Gasteiger partial charge is 0.119 e. The van der Waals surface area contributed by atoms with E-state index in [-0.39, 0.29) is 24.8 Å². The highest BCUT2D eigenvalue weighted by Gasteiger charge is 2.28. The van der Waals surface area contributed by atoms with Gasteiger partial charge in [0.25, 0.3) is 0 Å². The highest BCUT2D eigenvalue weighted by atomic mass is 35.5. The molecule has 136 valence electrons. The van der Waals surface area contributed by atoms with Crippen molar-refractivity contribution in [1.82, 2.24) is 15.2 Å². The van der Waals surface area contributed by atoms with Crippen molar-refractivity contribution in [2.45, 2.75) is 26.3 Å². The van der Waals surface area contributed by atoms with E-state index in [1.165, 1.54) is 22.9 Å². The summed E-state index contributed by atoms with van der Waals surface area (Å²) in [6.45, 7) is 9.05. The first-order valence-electron chi connectivity index (χ1n) is 8.34. The highest BCUT2D eigenvalue weighted by Crippen LogP contribution is 2.36. The molecule has 2 N–H and O–H groups in total. The first-order valence-corrected chi connectivity index (χ1v) is 8.34. The van der Waals surface area contributed by atoms with Crippen LogP contribution in [0.25, 0.3) is 10.9 Å². The second-order valence-electron chi connectivity index (χ2n) is 6.27. The number of hydrogen-bond donors (Lipinski definition) is 2. The van der Waals surface area contributed by atoms with Gasteiger partial charge in [-0.1, -0.05) is 20.3 Å². The Labute approximate surface area is 157 Å². The quantitative estimate of drug-likeness (QED) is 0.831. The van der Waals surface area contributed by atoms with Crippen LogP contribution in [-0.2, 0) is 0 Å². The lowest BCUT2D eigenvalue weighted by Crippen LogP contribution is -2.46. The summed E-state index contributed by atoms with van der Waals surface area (Å²) < 4.78 is 5.42. The van der Waals surface area contributed by atoms with Crippen molar-refractivity contribution < 1.29 is 4.74 Å². The zero-order valence-electron chi connectivity index (χ0n) is 14.7. The number of benzene rings is 1. The van der Waals surface area contributed by atoms with Gasteiger partial charge >= 0.3 is 0 Å². The summed E-state index contributed by atoms with van der Waals surface area (Å²) in [6.07, 6.45) is 3.38. The van der Waals surface area contributed by atoms with E-state index in [9.17, 15) is 0 Å². The second-order valence-corrected chi connectivity index (χ2v) is 6.27. The fourth-order valence-corrected chi connectivity index (χ4v) is 3.54. The Hall–Kier alpha value is -0.940. The summed E-state index contributed by atoms with van der Waals surface area (Å²) in [5.74, 6) is 1.56. The van der Waals surface area contributed by atoms with E-state index in [1.807, 2.05) is 6.07 Å². The predicted octanol–water partition coefficient (Wildman–Crippen LogP) is 4.01. The van der Waals surface area contributed by atoms with E-state index in [0.717, 1.165) is 31.9 Å². The Balaban J connectivity index is 0.00000144. The van der Waals surface area contributed by atoms with Crippen molar-refractivity contribution in [2.24, 2.45) is 5.92 Å². The van der Waals surface area contributed by atoms with E-state index < -0.39 is 0 Å². The Kier molecular flexibility index (Phi) is 8.37. The number of rotatable bonds is 5. The van der Waals surface area contributed by atoms with E-state index >= 15 is 0 Å². The predicted molar refractivity (Wildman–Crippen MR) is 106 cm³/mol. The van der Waals surface area contributed by atoms with Crippen molar-refractivity contribution in [3.8, 4) is 5.75 Å². The number of H-pyrrole nitrogens is 1. The number of nitrogens with one attached hydrogen (secondary N) is 2. The van der Waals surface area contributed by atoms with E-state index in [0.29, 0.717) is 12.0 Å². The molecule has 1 aliphatic rings. The minimum Gasteiger partial charge on any atom is -0.497 e. The molecule has 1 aromatic heterocycles. The fourth-order valence-electron chi connectivity index (χ4n) is 3.54. The average Bonchev–Trinajstić information content (AvgIpc) is 2.98. The highest BCUT2D eigenvalue weighted by molar-refractivity contribution is 5.86. The Bertz CT molecular complexity index is 626. The number of aromatic nitrogens is 1. The molecular weight excluding hydrogens is 345 g/mol. The van der Waals surface area contributed by atoms with Crippen LogP contribution in [0.4, 0.5) is 0 Å². The SMILES string of the molecule is CCC(C)[C@@H](c1c[nH]c2ccc(OC)cc12)N1CCNCC1.Cl.Cl. The monoisotopic (exact) mass is 373 g/mol. The van der Waals surface area contributed by atoms with E-state index in [2.05, 4.69) is 47.4 Å². The fraction of sp³-hybridized carbons (Fsp3) is 0.556. The molecule has 4 nitrogen and oxygen atoms in total. The van der Waals surface area contributed by atoms with Gasteiger partial charge in [-0.2, -0.15) is 0 Å². The molecule has 1 unspecified atom stereocenters. The van der Waals surface area contributed by atoms with Crippen LogP contribution >= 0.6 is 24.8 Å². The Morgan fingerprint density at radius 1 is 1.21 bits per heavy atom. The van der Waals surface area contributed by atoms with Gasteiger partial charge in [0.15, 0.2) is 0 Å². The molecule has 6 heteroatoms. The number of methoxy groups -OCH3 is 1. The van der Waals surface area contributed by atoms with Crippen LogP contribution in [0.3, 0.4) is 0 Å². The number of halogens is 2. The number of nitrogens with zero attached hydrogens (tertiary/aromatic N) is 1. The number of ether oxygens (including phenoxy) is 1. The Morgan fingerprint density at radius 2 is 1.92 bits per heavy atom. The lowest BCUT2D eigenvalue weighted by Gasteiger charge is -2.38. The van der Waals surface area contributed by atoms with Crippen LogP contribution < -0.4 is 10.1 Å². The normalized spacial score (nSPS) is 17.6. The van der Waals surface area contributed by atoms with Gasteiger partial charge in [-0.25, -0.2) is 0 Å². The van der Waals surface area contributed by atoms with Crippen molar-refractivity contribution in [2.75, 3.05) is 33.3 Å². The summed E-state index contributed by atoms with van der Waals surface area (Å²) in [7, 11) is 1.73. The lowest BCUT2D eigenvalue weighted by molar-refractivity contribution is 0.129. The van der Waals surface area contributed by atoms with Crippen molar-refractivity contribution in [3.05, 3.63) is 30.0 Å². The summed E-state index contributed by atoms with van der Waals surface area (Å²) in [6, 6.07) is 6.76. The van der Waals surface area contributed by atoms with E-state index in [1.54, 1.807) is 7.11 Å². The first kappa shape index (κ1) is 21.1. The van der Waals surface area contributed by atoms with Gasteiger partial charge < -0.3 is 15.0 Å². The largest absolute Gasteiger partial charge is 0.497 e. The second kappa shape index (κ2) is 9.52. The number of aromatic amines is 1. The number of hydrogen-bond acceptors (Lipinski definition) is 3. The van der Waals surface area contributed by atoms with Gasteiger partial charge in [0.05, 0.1) is 7.11 Å². The first-order chi connectivity index (χ1) is 10.7. The maximum absolute atomic E-state index is 5.42. The lowest BCUT2D eigenvalue weighted by atomic mass is 9.90. The van der Waals surface area contributed by atoms with Gasteiger partial charge in [0.1, 0.15) is 5.75 Å². The third kappa shape index (κ3) is 4.17. The van der Waals surface area contributed by atoms with E-state index in [4.69, 9.17) is 4.74 Å². The van der Waals surface area contributed by atoms with Gasteiger partial charge in [-0.15, -0.1) is 24.8 Å². The molecule has 0 aliphatic carbocycles. The molecule has 0 bridgehead atoms. The molecule has 2 atom stereocenters. The van der Waals surface area contributed by atoms with Gasteiger partial charge in [-0.05, 0) is 29.7 Å². The van der Waals surface area contributed by atoms with Gasteiger partial charge in [0.2, 0.25) is 0 Å². The molecule has 1 aliphatic heterocycles. The Morgan fingerprint density at radius 3 is 2.54 bits per heavy atom. The van der Waals surface area contributed by atoms with Crippen LogP contribution in [-0.4, -0.2) is 43.2 Å². The van der Waals surface area contributed by atoms with Gasteiger partial charge in [-0.3, -0.25) is 4.90 Å². The van der Waals surface area contributed by atoms with Crippen molar-refractivity contribution in [3.63, 3.8) is 0 Å². The summed E-state index contributed by atoms with van der Waals surface area (Å²) >= 11 is 0. The van der Waals surface area contributed by atoms with Crippen molar-refractivity contribution >= 4 is 35.7 Å². The molecule has 0 saturated carbocycles. The average molecular weight is 374 g/mol. The summed E-state index contributed by atoms with van der Waals surface area (Å²) in [4.78, 5) is 6.07. The molecule has 2 aromatic rings. The summed E-state index contributed by atoms with van der Waals surface area (Å²) in [5, 5.41) is 4.75. The molecule has 3 rings (SSSR count). The van der Waals surface area contributed by atoms with Gasteiger partial charge in [0, 0.05) is 49.3 Å². The molecule has 1 fully saturated rings. The van der Waals surface area contributed by atoms with Crippen LogP contribution in [0.5, 0.6) is 5.75 Å². The zero-order valence-corrected chi connectivity index (χ0v) is 16.3. The maximum atomic E-state index is 5.42. The molecule has 0 radical (unpaired) electrons. The zero-order chi connectivity index (χ0) is 15.5. The number of piperazine rings is 1. The van der Waals surface area contributed by atoms with Crippen LogP contribution in [0.1, 0.15) is 31.9 Å². The number of fused-ring (bicyclic) bond motifs is 1. The molecule has 2 heterocycles. The summed E-state index contributed by atoms with van der Waals surface area (Å²) in [5.41, 5.74) is 2.60. The molecule has 1 aromatic carbocycles. The van der Waals surface area contributed by atoms with Crippen LogP contribution in [0.15, 0.2) is 24.4 Å². The molecule has 24 heavy (non-hydrogen) atoms. The minimum absolute atomic E-state index is 0. The minimum atomic E-state index is 0. The van der Waals surface area contributed by atoms with Crippen LogP contribution in [0, 0.1) is 5.92 Å². The third-order valence-corrected chi connectivity index (χ3v) is 4.97. The molecule has 0 spiro atoms. The van der Waals surface area contributed by atoms with Crippen molar-refractivity contribution in [1.29, 1.82) is 0 Å². The molecule has 1 saturated heterocycles. The molecular formula is C18H29Cl2N3O. The third-order valence-electron chi connectivity index (χ3n) is 4.97. The van der Waals surface area contributed by atoms with Crippen LogP contribution in [0.2, 0.25) is 0 Å². The molecule has 0 amide bonds.